The van der Waals surface area contributed by atoms with Gasteiger partial charge in [0.05, 0.1) is 11.7 Å². The van der Waals surface area contributed by atoms with Crippen molar-refractivity contribution < 1.29 is 18.8 Å². The maximum atomic E-state index is 12.5. The Hall–Kier alpha value is -2.21. The number of halogens is 1. The number of fused-ring (bicyclic) bond motifs is 1. The van der Waals surface area contributed by atoms with Gasteiger partial charge >= 0.3 is 0 Å². The molecule has 1 unspecified atom stereocenters. The van der Waals surface area contributed by atoms with Gasteiger partial charge in [0.1, 0.15) is 13.2 Å². The van der Waals surface area contributed by atoms with E-state index in [1.54, 1.807) is 0 Å². The summed E-state index contributed by atoms with van der Waals surface area (Å²) in [6.07, 6.45) is 3.10. The molecule has 4 rings (SSSR count). The lowest BCUT2D eigenvalue weighted by Crippen LogP contribution is -2.30. The zero-order valence-corrected chi connectivity index (χ0v) is 15.3. The van der Waals surface area contributed by atoms with Crippen LogP contribution in [0.5, 0.6) is 11.5 Å². The number of ether oxygens (including phenoxy) is 2. The molecule has 6 nitrogen and oxygen atoms in total. The first-order chi connectivity index (χ1) is 12.6. The molecule has 2 aliphatic rings. The molecule has 0 spiro atoms. The van der Waals surface area contributed by atoms with E-state index in [1.807, 2.05) is 25.1 Å². The van der Waals surface area contributed by atoms with Gasteiger partial charge in [-0.3, -0.25) is 4.79 Å². The fourth-order valence-corrected chi connectivity index (χ4v) is 3.55. The lowest BCUT2D eigenvalue weighted by Gasteiger charge is -2.23. The van der Waals surface area contributed by atoms with E-state index in [9.17, 15) is 4.79 Å². The molecule has 7 heteroatoms. The van der Waals surface area contributed by atoms with Gasteiger partial charge in [-0.05, 0) is 61.4 Å². The zero-order valence-electron chi connectivity index (χ0n) is 14.6. The average Bonchev–Trinajstić information content (AvgIpc) is 3.44. The summed E-state index contributed by atoms with van der Waals surface area (Å²) in [5.74, 6) is 1.98. The molecular formula is C19H21ClN2O4. The Balaban J connectivity index is 1.43. The molecule has 1 aromatic heterocycles. The van der Waals surface area contributed by atoms with Crippen molar-refractivity contribution in [2.24, 2.45) is 5.92 Å². The lowest BCUT2D eigenvalue weighted by molar-refractivity contribution is -0.122. The molecule has 1 saturated carbocycles. The molecule has 26 heavy (non-hydrogen) atoms. The summed E-state index contributed by atoms with van der Waals surface area (Å²) in [4.78, 5) is 12.5. The highest BCUT2D eigenvalue weighted by atomic mass is 35.5. The van der Waals surface area contributed by atoms with Crippen LogP contribution in [-0.2, 0) is 11.2 Å². The number of amides is 1. The average molecular weight is 377 g/mol. The van der Waals surface area contributed by atoms with Gasteiger partial charge in [0.25, 0.3) is 0 Å². The van der Waals surface area contributed by atoms with Crippen molar-refractivity contribution in [1.82, 2.24) is 10.5 Å². The SMILES string of the molecule is Cc1noc(Cl)c1CCC(=O)NC(c1ccc2c(c1)OCCO2)C1CC1. The van der Waals surface area contributed by atoms with Crippen molar-refractivity contribution in [3.05, 3.63) is 40.2 Å². The summed E-state index contributed by atoms with van der Waals surface area (Å²) in [7, 11) is 0. The topological polar surface area (TPSA) is 73.6 Å². The minimum atomic E-state index is -0.00606. The van der Waals surface area contributed by atoms with E-state index < -0.39 is 0 Å². The summed E-state index contributed by atoms with van der Waals surface area (Å²) in [5, 5.41) is 7.26. The standard InChI is InChI=1S/C19H21ClN2O4/c1-11-14(19(20)26-22-11)5-7-17(23)21-18(12-2-3-12)13-4-6-15-16(10-13)25-9-8-24-15/h4,6,10,12,18H,2-3,5,7-9H2,1H3,(H,21,23). The highest BCUT2D eigenvalue weighted by Gasteiger charge is 2.34. The van der Waals surface area contributed by atoms with Crippen molar-refractivity contribution in [1.29, 1.82) is 0 Å². The van der Waals surface area contributed by atoms with Crippen molar-refractivity contribution in [3.8, 4) is 11.5 Å². The molecule has 138 valence electrons. The summed E-state index contributed by atoms with van der Waals surface area (Å²) in [6.45, 7) is 2.94. The van der Waals surface area contributed by atoms with E-state index in [2.05, 4.69) is 10.5 Å². The molecule has 1 aliphatic heterocycles. The number of hydrogen-bond donors (Lipinski definition) is 1. The predicted octanol–water partition coefficient (Wildman–Crippen LogP) is 3.61. The normalized spacial score (nSPS) is 17.0. The number of aryl methyl sites for hydroxylation is 1. The van der Waals surface area contributed by atoms with E-state index in [-0.39, 0.29) is 17.2 Å². The van der Waals surface area contributed by atoms with Gasteiger partial charge in [-0.2, -0.15) is 0 Å². The summed E-state index contributed by atoms with van der Waals surface area (Å²) in [5.41, 5.74) is 2.58. The molecule has 0 bridgehead atoms. The number of rotatable bonds is 6. The second-order valence-corrected chi connectivity index (χ2v) is 7.15. The monoisotopic (exact) mass is 376 g/mol. The summed E-state index contributed by atoms with van der Waals surface area (Å²) < 4.78 is 16.2. The van der Waals surface area contributed by atoms with Crippen molar-refractivity contribution in [3.63, 3.8) is 0 Å². The number of benzene rings is 1. The molecule has 2 heterocycles. The first-order valence-corrected chi connectivity index (χ1v) is 9.29. The second kappa shape index (κ2) is 7.19. The molecule has 1 aromatic carbocycles. The van der Waals surface area contributed by atoms with Gasteiger partial charge in [0.15, 0.2) is 11.5 Å². The van der Waals surface area contributed by atoms with E-state index in [0.29, 0.717) is 32.0 Å². The van der Waals surface area contributed by atoms with Crippen molar-refractivity contribution >= 4 is 17.5 Å². The largest absolute Gasteiger partial charge is 0.486 e. The maximum absolute atomic E-state index is 12.5. The Labute approximate surface area is 156 Å². The third-order valence-electron chi connectivity index (χ3n) is 4.87. The van der Waals surface area contributed by atoms with Crippen molar-refractivity contribution in [2.45, 2.75) is 38.6 Å². The number of nitrogens with one attached hydrogen (secondary N) is 1. The van der Waals surface area contributed by atoms with Crippen LogP contribution in [0.2, 0.25) is 5.22 Å². The van der Waals surface area contributed by atoms with Gasteiger partial charge < -0.3 is 19.3 Å². The molecule has 2 aromatic rings. The quantitative estimate of drug-likeness (QED) is 0.833. The second-order valence-electron chi connectivity index (χ2n) is 6.81. The highest BCUT2D eigenvalue weighted by molar-refractivity contribution is 6.29. The number of hydrogen-bond acceptors (Lipinski definition) is 5. The van der Waals surface area contributed by atoms with Gasteiger partial charge in [-0.25, -0.2) is 0 Å². The zero-order chi connectivity index (χ0) is 18.1. The Morgan fingerprint density at radius 3 is 2.77 bits per heavy atom. The third kappa shape index (κ3) is 3.65. The molecule has 0 saturated heterocycles. The van der Waals surface area contributed by atoms with Crippen LogP contribution in [0.4, 0.5) is 0 Å². The van der Waals surface area contributed by atoms with Crippen LogP contribution in [0.15, 0.2) is 22.7 Å². The minimum Gasteiger partial charge on any atom is -0.486 e. The van der Waals surface area contributed by atoms with Gasteiger partial charge in [0, 0.05) is 12.0 Å². The van der Waals surface area contributed by atoms with E-state index in [1.165, 1.54) is 0 Å². The molecule has 1 atom stereocenters. The minimum absolute atomic E-state index is 0.00244. The molecular weight excluding hydrogens is 356 g/mol. The summed E-state index contributed by atoms with van der Waals surface area (Å²) in [6, 6.07) is 5.92. The van der Waals surface area contributed by atoms with Crippen LogP contribution < -0.4 is 14.8 Å². The summed E-state index contributed by atoms with van der Waals surface area (Å²) >= 11 is 5.97. The number of carbonyl (C=O) groups is 1. The Morgan fingerprint density at radius 1 is 1.31 bits per heavy atom. The highest BCUT2D eigenvalue weighted by Crippen LogP contribution is 2.43. The van der Waals surface area contributed by atoms with Crippen molar-refractivity contribution in [2.75, 3.05) is 13.2 Å². The number of nitrogens with zero attached hydrogens (tertiary/aromatic N) is 1. The molecule has 1 fully saturated rings. The molecule has 1 N–H and O–H groups in total. The molecule has 1 amide bonds. The lowest BCUT2D eigenvalue weighted by atomic mass is 10.0. The predicted molar refractivity (Wildman–Crippen MR) is 95.6 cm³/mol. The fourth-order valence-electron chi connectivity index (χ4n) is 3.28. The van der Waals surface area contributed by atoms with Crippen LogP contribution in [0.25, 0.3) is 0 Å². The Morgan fingerprint density at radius 2 is 2.08 bits per heavy atom. The van der Waals surface area contributed by atoms with Gasteiger partial charge in [0.2, 0.25) is 11.1 Å². The van der Waals surface area contributed by atoms with Crippen LogP contribution in [0.1, 0.15) is 42.1 Å². The smallest absolute Gasteiger partial charge is 0.229 e. The Kier molecular flexibility index (Phi) is 4.76. The Bertz CT molecular complexity index is 796. The number of carbonyl (C=O) groups excluding carboxylic acids is 1. The van der Waals surface area contributed by atoms with E-state index in [0.717, 1.165) is 41.2 Å². The molecule has 1 aliphatic carbocycles. The number of aromatic nitrogens is 1. The first-order valence-electron chi connectivity index (χ1n) is 8.91. The van der Waals surface area contributed by atoms with Crippen LogP contribution in [0.3, 0.4) is 0 Å². The van der Waals surface area contributed by atoms with Gasteiger partial charge in [-0.1, -0.05) is 11.2 Å². The van der Waals surface area contributed by atoms with E-state index in [4.69, 9.17) is 25.6 Å². The first kappa shape index (κ1) is 17.2. The van der Waals surface area contributed by atoms with Crippen LogP contribution in [-0.4, -0.2) is 24.3 Å². The third-order valence-corrected chi connectivity index (χ3v) is 5.17. The van der Waals surface area contributed by atoms with Crippen LogP contribution >= 0.6 is 11.6 Å². The maximum Gasteiger partial charge on any atom is 0.229 e. The van der Waals surface area contributed by atoms with E-state index >= 15 is 0 Å². The molecule has 0 radical (unpaired) electrons. The van der Waals surface area contributed by atoms with Gasteiger partial charge in [-0.15, -0.1) is 0 Å². The van der Waals surface area contributed by atoms with Crippen LogP contribution in [0, 0.1) is 12.8 Å². The fraction of sp³-hybridized carbons (Fsp3) is 0.474.